The van der Waals surface area contributed by atoms with Gasteiger partial charge in [-0.05, 0) is 61.6 Å². The molecule has 0 aliphatic heterocycles. The van der Waals surface area contributed by atoms with E-state index in [0.29, 0.717) is 38.9 Å². The van der Waals surface area contributed by atoms with Gasteiger partial charge in [0.1, 0.15) is 0 Å². The smallest absolute Gasteiger partial charge is 0.224 e. The van der Waals surface area contributed by atoms with E-state index in [0.717, 1.165) is 29.8 Å². The Morgan fingerprint density at radius 1 is 0.759 bits per heavy atom. The molecule has 156 valence electrons. The number of anilines is 2. The number of carbonyl (C=O) groups excluding carboxylic acids is 2. The van der Waals surface area contributed by atoms with Crippen molar-refractivity contribution >= 4 is 23.2 Å². The number of benzene rings is 2. The van der Waals surface area contributed by atoms with Crippen LogP contribution in [0.4, 0.5) is 11.4 Å². The van der Waals surface area contributed by atoms with Gasteiger partial charge < -0.3 is 15.4 Å². The van der Waals surface area contributed by atoms with E-state index in [1.54, 1.807) is 0 Å². The van der Waals surface area contributed by atoms with Gasteiger partial charge in [0, 0.05) is 30.8 Å². The van der Waals surface area contributed by atoms with Gasteiger partial charge in [-0.15, -0.1) is 0 Å². The fourth-order valence-electron chi connectivity index (χ4n) is 2.97. The Bertz CT molecular complexity index is 755. The third kappa shape index (κ3) is 8.92. The van der Waals surface area contributed by atoms with Crippen LogP contribution in [0.1, 0.15) is 57.1 Å². The van der Waals surface area contributed by atoms with Gasteiger partial charge in [-0.3, -0.25) is 9.59 Å². The molecule has 2 rings (SSSR count). The zero-order chi connectivity index (χ0) is 20.9. The zero-order valence-electron chi connectivity index (χ0n) is 17.5. The highest BCUT2D eigenvalue weighted by Gasteiger charge is 2.06. The van der Waals surface area contributed by atoms with Crippen LogP contribution in [0.3, 0.4) is 0 Å². The normalized spacial score (nSPS) is 10.6. The van der Waals surface area contributed by atoms with Crippen LogP contribution in [-0.2, 0) is 27.4 Å². The number of amides is 2. The molecule has 0 fully saturated rings. The maximum Gasteiger partial charge on any atom is 0.224 e. The molecule has 5 nitrogen and oxygen atoms in total. The van der Waals surface area contributed by atoms with Gasteiger partial charge in [-0.25, -0.2) is 0 Å². The first-order valence-corrected chi connectivity index (χ1v) is 10.5. The molecule has 29 heavy (non-hydrogen) atoms. The minimum Gasteiger partial charge on any atom is -0.377 e. The maximum absolute atomic E-state index is 12.1. The summed E-state index contributed by atoms with van der Waals surface area (Å²) >= 11 is 0. The molecule has 0 saturated heterocycles. The van der Waals surface area contributed by atoms with Crippen LogP contribution in [0.15, 0.2) is 48.5 Å². The lowest BCUT2D eigenvalue weighted by molar-refractivity contribution is -0.118. The Morgan fingerprint density at radius 3 is 1.69 bits per heavy atom. The fraction of sp³-hybridized carbons (Fsp3) is 0.417. The lowest BCUT2D eigenvalue weighted by atomic mass is 10.1. The highest BCUT2D eigenvalue weighted by Crippen LogP contribution is 2.13. The van der Waals surface area contributed by atoms with Gasteiger partial charge in [0.05, 0.1) is 6.61 Å². The molecule has 0 spiro atoms. The number of hydrogen-bond acceptors (Lipinski definition) is 3. The van der Waals surface area contributed by atoms with Crippen molar-refractivity contribution in [3.63, 3.8) is 0 Å². The number of nitrogens with one attached hydrogen (secondary N) is 2. The minimum atomic E-state index is -0.0329. The van der Waals surface area contributed by atoms with E-state index in [-0.39, 0.29) is 11.8 Å². The number of unbranched alkanes of at least 4 members (excludes halogenated alkanes) is 1. The van der Waals surface area contributed by atoms with E-state index in [1.165, 1.54) is 5.56 Å². The molecule has 0 atom stereocenters. The fourth-order valence-corrected chi connectivity index (χ4v) is 2.97. The van der Waals surface area contributed by atoms with Crippen molar-refractivity contribution in [1.29, 1.82) is 0 Å². The summed E-state index contributed by atoms with van der Waals surface area (Å²) in [5, 5.41) is 5.80. The van der Waals surface area contributed by atoms with Gasteiger partial charge in [-0.2, -0.15) is 0 Å². The maximum atomic E-state index is 12.1. The SMILES string of the molecule is CCCc1ccc(NC(=O)CCCCC(=O)Nc2ccc(COCC)cc2)cc1. The molecular formula is C24H32N2O3. The number of aryl methyl sites for hydroxylation is 1. The summed E-state index contributed by atoms with van der Waals surface area (Å²) < 4.78 is 5.36. The first-order valence-electron chi connectivity index (χ1n) is 10.5. The van der Waals surface area contributed by atoms with Crippen molar-refractivity contribution in [2.75, 3.05) is 17.2 Å². The van der Waals surface area contributed by atoms with E-state index < -0.39 is 0 Å². The van der Waals surface area contributed by atoms with Crippen molar-refractivity contribution < 1.29 is 14.3 Å². The van der Waals surface area contributed by atoms with E-state index in [9.17, 15) is 9.59 Å². The molecule has 0 aliphatic carbocycles. The van der Waals surface area contributed by atoms with E-state index in [2.05, 4.69) is 17.6 Å². The summed E-state index contributed by atoms with van der Waals surface area (Å²) in [6.45, 7) is 5.37. The van der Waals surface area contributed by atoms with Crippen LogP contribution >= 0.6 is 0 Å². The lowest BCUT2D eigenvalue weighted by Crippen LogP contribution is -2.13. The molecule has 0 bridgehead atoms. The Kier molecular flexibility index (Phi) is 9.93. The van der Waals surface area contributed by atoms with Crippen LogP contribution < -0.4 is 10.6 Å². The summed E-state index contributed by atoms with van der Waals surface area (Å²) in [5.41, 5.74) is 3.95. The van der Waals surface area contributed by atoms with Crippen LogP contribution in [0.5, 0.6) is 0 Å². The Morgan fingerprint density at radius 2 is 1.24 bits per heavy atom. The van der Waals surface area contributed by atoms with Crippen molar-refractivity contribution in [2.45, 2.75) is 59.0 Å². The Balaban J connectivity index is 1.62. The van der Waals surface area contributed by atoms with Gasteiger partial charge in [-0.1, -0.05) is 37.6 Å². The molecular weight excluding hydrogens is 364 g/mol. The molecule has 2 aromatic carbocycles. The van der Waals surface area contributed by atoms with Crippen LogP contribution in [0, 0.1) is 0 Å². The van der Waals surface area contributed by atoms with Crippen molar-refractivity contribution in [1.82, 2.24) is 0 Å². The largest absolute Gasteiger partial charge is 0.377 e. The van der Waals surface area contributed by atoms with Crippen LogP contribution in [0.2, 0.25) is 0 Å². The molecule has 0 radical (unpaired) electrons. The average molecular weight is 397 g/mol. The molecule has 2 aromatic rings. The predicted octanol–water partition coefficient (Wildman–Crippen LogP) is 5.31. The number of ether oxygens (including phenoxy) is 1. The average Bonchev–Trinajstić information content (AvgIpc) is 2.72. The number of rotatable bonds is 12. The predicted molar refractivity (Wildman–Crippen MR) is 118 cm³/mol. The molecule has 0 aliphatic rings. The van der Waals surface area contributed by atoms with Crippen molar-refractivity contribution in [3.05, 3.63) is 59.7 Å². The lowest BCUT2D eigenvalue weighted by Gasteiger charge is -2.08. The van der Waals surface area contributed by atoms with Crippen LogP contribution in [-0.4, -0.2) is 18.4 Å². The third-order valence-corrected chi connectivity index (χ3v) is 4.54. The van der Waals surface area contributed by atoms with E-state index in [1.807, 2.05) is 55.5 Å². The molecule has 2 amide bonds. The molecule has 0 unspecified atom stereocenters. The highest BCUT2D eigenvalue weighted by molar-refractivity contribution is 5.91. The summed E-state index contributed by atoms with van der Waals surface area (Å²) in [5.74, 6) is -0.0481. The summed E-state index contributed by atoms with van der Waals surface area (Å²) in [6.07, 6.45) is 4.33. The standard InChI is InChI=1S/C24H32N2O3/c1-3-7-19-10-14-21(15-11-19)25-23(27)8-5-6-9-24(28)26-22-16-12-20(13-17-22)18-29-4-2/h10-17H,3-9,18H2,1-2H3,(H,25,27)(H,26,28). The monoisotopic (exact) mass is 396 g/mol. The molecule has 5 heteroatoms. The highest BCUT2D eigenvalue weighted by atomic mass is 16.5. The topological polar surface area (TPSA) is 67.4 Å². The second-order valence-corrected chi connectivity index (χ2v) is 7.08. The summed E-state index contributed by atoms with van der Waals surface area (Å²) in [4.78, 5) is 24.1. The second kappa shape index (κ2) is 12.7. The Labute approximate surface area is 173 Å². The molecule has 2 N–H and O–H groups in total. The van der Waals surface area contributed by atoms with E-state index in [4.69, 9.17) is 4.74 Å². The summed E-state index contributed by atoms with van der Waals surface area (Å²) in [7, 11) is 0. The zero-order valence-corrected chi connectivity index (χ0v) is 17.5. The van der Waals surface area contributed by atoms with Gasteiger partial charge >= 0.3 is 0 Å². The van der Waals surface area contributed by atoms with Gasteiger partial charge in [0.2, 0.25) is 11.8 Å². The molecule has 0 saturated carbocycles. The van der Waals surface area contributed by atoms with Crippen LogP contribution in [0.25, 0.3) is 0 Å². The second-order valence-electron chi connectivity index (χ2n) is 7.08. The number of hydrogen-bond donors (Lipinski definition) is 2. The first-order chi connectivity index (χ1) is 14.1. The van der Waals surface area contributed by atoms with Crippen molar-refractivity contribution in [3.8, 4) is 0 Å². The first kappa shape index (κ1) is 22.6. The molecule has 0 aromatic heterocycles. The van der Waals surface area contributed by atoms with Gasteiger partial charge in [0.15, 0.2) is 0 Å². The number of carbonyl (C=O) groups is 2. The quantitative estimate of drug-likeness (QED) is 0.478. The van der Waals surface area contributed by atoms with Crippen molar-refractivity contribution in [2.24, 2.45) is 0 Å². The summed E-state index contributed by atoms with van der Waals surface area (Å²) in [6, 6.07) is 15.6. The molecule has 0 heterocycles. The van der Waals surface area contributed by atoms with Gasteiger partial charge in [0.25, 0.3) is 0 Å². The minimum absolute atomic E-state index is 0.0152. The Hall–Kier alpha value is -2.66. The third-order valence-electron chi connectivity index (χ3n) is 4.54. The van der Waals surface area contributed by atoms with E-state index >= 15 is 0 Å².